The molecule has 0 saturated heterocycles. The Hall–Kier alpha value is -3.60. The largest absolute Gasteiger partial charge is 0.296 e. The molecule has 0 fully saturated rings. The Labute approximate surface area is 155 Å². The molecule has 0 bridgehead atoms. The Bertz CT molecular complexity index is 1230. The van der Waals surface area contributed by atoms with E-state index in [-0.39, 0.29) is 11.2 Å². The fourth-order valence-corrected chi connectivity index (χ4v) is 3.10. The molecule has 0 spiro atoms. The van der Waals surface area contributed by atoms with Crippen LogP contribution in [-0.4, -0.2) is 23.0 Å². The summed E-state index contributed by atoms with van der Waals surface area (Å²) in [5.41, 5.74) is 2.13. The Kier molecular flexibility index (Phi) is 4.34. The first kappa shape index (κ1) is 16.8. The van der Waals surface area contributed by atoms with E-state index in [0.29, 0.717) is 11.1 Å². The second-order valence-electron chi connectivity index (χ2n) is 6.08. The van der Waals surface area contributed by atoms with Crippen LogP contribution in [0.2, 0.25) is 0 Å². The van der Waals surface area contributed by atoms with Gasteiger partial charge in [0.15, 0.2) is 0 Å². The Morgan fingerprint density at radius 2 is 1.70 bits per heavy atom. The molecule has 0 N–H and O–H groups in total. The van der Waals surface area contributed by atoms with Gasteiger partial charge in [-0.25, -0.2) is 4.39 Å². The Morgan fingerprint density at radius 3 is 2.48 bits per heavy atom. The van der Waals surface area contributed by atoms with Gasteiger partial charge in [0.05, 0.1) is 11.1 Å². The molecule has 0 amide bonds. The summed E-state index contributed by atoms with van der Waals surface area (Å²) in [5, 5.41) is 5.73. The zero-order chi connectivity index (χ0) is 18.8. The van der Waals surface area contributed by atoms with Crippen molar-refractivity contribution in [2.24, 2.45) is 4.99 Å². The maximum Gasteiger partial charge on any atom is 0.279 e. The number of aromatic nitrogens is 2. The predicted molar refractivity (Wildman–Crippen MR) is 106 cm³/mol. The van der Waals surface area contributed by atoms with Crippen molar-refractivity contribution in [3.8, 4) is 16.9 Å². The number of benzene rings is 3. The Morgan fingerprint density at radius 1 is 0.963 bits per heavy atom. The first-order chi connectivity index (χ1) is 13.2. The smallest absolute Gasteiger partial charge is 0.279 e. The average molecular weight is 357 g/mol. The number of halogens is 1. The van der Waals surface area contributed by atoms with Crippen molar-refractivity contribution in [2.45, 2.75) is 0 Å². The summed E-state index contributed by atoms with van der Waals surface area (Å²) in [7, 11) is 1.71. The van der Waals surface area contributed by atoms with Crippen molar-refractivity contribution in [1.82, 2.24) is 9.78 Å². The maximum atomic E-state index is 14.3. The highest BCUT2D eigenvalue weighted by molar-refractivity contribution is 5.95. The fourth-order valence-electron chi connectivity index (χ4n) is 3.10. The topological polar surface area (TPSA) is 47.2 Å². The number of para-hydroxylation sites is 1. The second-order valence-corrected chi connectivity index (χ2v) is 6.08. The molecule has 4 rings (SSSR count). The van der Waals surface area contributed by atoms with Gasteiger partial charge in [-0.15, -0.1) is 0 Å². The third kappa shape index (κ3) is 3.04. The molecule has 0 radical (unpaired) electrons. The van der Waals surface area contributed by atoms with Crippen LogP contribution in [0.4, 0.5) is 4.39 Å². The van der Waals surface area contributed by atoms with Crippen LogP contribution in [0.25, 0.3) is 27.7 Å². The van der Waals surface area contributed by atoms with E-state index in [2.05, 4.69) is 10.1 Å². The standard InChI is InChI=1S/C22H16FN3O/c1-24-14-15-7-6-8-16(13-15)21-17-9-2-3-10-18(17)22(27)26(25-21)20-12-5-4-11-19(20)23/h2-14H,1H3. The van der Waals surface area contributed by atoms with E-state index in [9.17, 15) is 9.18 Å². The molecule has 4 aromatic rings. The third-order valence-corrected chi connectivity index (χ3v) is 4.32. The van der Waals surface area contributed by atoms with Gasteiger partial charge in [-0.1, -0.05) is 48.5 Å². The summed E-state index contributed by atoms with van der Waals surface area (Å²) in [5.74, 6) is -0.500. The van der Waals surface area contributed by atoms with Crippen LogP contribution in [0, 0.1) is 5.82 Å². The molecule has 0 saturated carbocycles. The molecule has 3 aromatic carbocycles. The van der Waals surface area contributed by atoms with Crippen molar-refractivity contribution in [3.63, 3.8) is 0 Å². The van der Waals surface area contributed by atoms with Gasteiger partial charge < -0.3 is 0 Å². The van der Waals surface area contributed by atoms with Crippen LogP contribution in [0.3, 0.4) is 0 Å². The number of nitrogens with zero attached hydrogens (tertiary/aromatic N) is 3. The number of hydrogen-bond donors (Lipinski definition) is 0. The first-order valence-electron chi connectivity index (χ1n) is 8.48. The number of aliphatic imine (C=N–C) groups is 1. The van der Waals surface area contributed by atoms with Gasteiger partial charge in [-0.05, 0) is 29.8 Å². The molecule has 1 heterocycles. The minimum atomic E-state index is -0.500. The molecule has 0 aliphatic heterocycles. The van der Waals surface area contributed by atoms with Crippen LogP contribution in [0.15, 0.2) is 82.6 Å². The van der Waals surface area contributed by atoms with E-state index < -0.39 is 5.82 Å². The lowest BCUT2D eigenvalue weighted by Crippen LogP contribution is -2.23. The summed E-state index contributed by atoms with van der Waals surface area (Å²) in [6, 6.07) is 21.1. The first-order valence-corrected chi connectivity index (χ1v) is 8.48. The van der Waals surface area contributed by atoms with Crippen molar-refractivity contribution in [2.75, 3.05) is 7.05 Å². The van der Waals surface area contributed by atoms with Crippen molar-refractivity contribution >= 4 is 17.0 Å². The predicted octanol–water partition coefficient (Wildman–Crippen LogP) is 4.24. The second kappa shape index (κ2) is 6.96. The highest BCUT2D eigenvalue weighted by Crippen LogP contribution is 2.26. The number of hydrogen-bond acceptors (Lipinski definition) is 3. The molecule has 1 aromatic heterocycles. The summed E-state index contributed by atoms with van der Waals surface area (Å²) < 4.78 is 15.5. The van der Waals surface area contributed by atoms with Crippen LogP contribution >= 0.6 is 0 Å². The number of fused-ring (bicyclic) bond motifs is 1. The van der Waals surface area contributed by atoms with Crippen molar-refractivity contribution in [1.29, 1.82) is 0 Å². The van der Waals surface area contributed by atoms with Gasteiger partial charge in [0, 0.05) is 24.2 Å². The molecular formula is C22H16FN3O. The van der Waals surface area contributed by atoms with E-state index in [4.69, 9.17) is 0 Å². The van der Waals surface area contributed by atoms with Gasteiger partial charge >= 0.3 is 0 Å². The van der Waals surface area contributed by atoms with Gasteiger partial charge in [0.2, 0.25) is 0 Å². The van der Waals surface area contributed by atoms with E-state index in [1.165, 1.54) is 6.07 Å². The molecular weight excluding hydrogens is 341 g/mol. The Balaban J connectivity index is 2.07. The minimum Gasteiger partial charge on any atom is -0.296 e. The summed E-state index contributed by atoms with van der Waals surface area (Å²) in [4.78, 5) is 17.0. The zero-order valence-electron chi connectivity index (χ0n) is 14.6. The molecule has 0 aliphatic carbocycles. The monoisotopic (exact) mass is 357 g/mol. The molecule has 132 valence electrons. The van der Waals surface area contributed by atoms with Gasteiger partial charge in [-0.3, -0.25) is 9.79 Å². The molecule has 4 nitrogen and oxygen atoms in total. The van der Waals surface area contributed by atoms with Crippen LogP contribution in [0.1, 0.15) is 5.56 Å². The molecule has 0 atom stereocenters. The zero-order valence-corrected chi connectivity index (χ0v) is 14.6. The van der Waals surface area contributed by atoms with Crippen LogP contribution in [0.5, 0.6) is 0 Å². The highest BCUT2D eigenvalue weighted by Gasteiger charge is 2.15. The van der Waals surface area contributed by atoms with Crippen LogP contribution < -0.4 is 5.56 Å². The molecule has 0 aliphatic rings. The SMILES string of the molecule is CN=Cc1cccc(-c2nn(-c3ccccc3F)c(=O)c3ccccc23)c1. The van der Waals surface area contributed by atoms with Crippen LogP contribution in [-0.2, 0) is 0 Å². The lowest BCUT2D eigenvalue weighted by molar-refractivity contribution is 0.607. The average Bonchev–Trinajstić information content (AvgIpc) is 2.70. The third-order valence-electron chi connectivity index (χ3n) is 4.32. The minimum absolute atomic E-state index is 0.126. The lowest BCUT2D eigenvalue weighted by Gasteiger charge is -2.12. The maximum absolute atomic E-state index is 14.3. The summed E-state index contributed by atoms with van der Waals surface area (Å²) in [6.07, 6.45) is 1.75. The van der Waals surface area contributed by atoms with E-state index in [0.717, 1.165) is 21.2 Å². The quantitative estimate of drug-likeness (QED) is 0.515. The van der Waals surface area contributed by atoms with Crippen molar-refractivity contribution < 1.29 is 4.39 Å². The van der Waals surface area contributed by atoms with Crippen molar-refractivity contribution in [3.05, 3.63) is 94.5 Å². The molecule has 27 heavy (non-hydrogen) atoms. The summed E-state index contributed by atoms with van der Waals surface area (Å²) >= 11 is 0. The van der Waals surface area contributed by atoms with E-state index >= 15 is 0 Å². The van der Waals surface area contributed by atoms with Gasteiger partial charge in [0.1, 0.15) is 11.5 Å². The molecule has 0 unspecified atom stereocenters. The van der Waals surface area contributed by atoms with E-state index in [1.54, 1.807) is 43.6 Å². The van der Waals surface area contributed by atoms with Gasteiger partial charge in [0.25, 0.3) is 5.56 Å². The molecule has 5 heteroatoms. The fraction of sp³-hybridized carbons (Fsp3) is 0.0455. The summed E-state index contributed by atoms with van der Waals surface area (Å²) in [6.45, 7) is 0. The number of rotatable bonds is 3. The lowest BCUT2D eigenvalue weighted by atomic mass is 10.0. The highest BCUT2D eigenvalue weighted by atomic mass is 19.1. The van der Waals surface area contributed by atoms with E-state index in [1.807, 2.05) is 36.4 Å². The normalized spacial score (nSPS) is 11.3. The van der Waals surface area contributed by atoms with Gasteiger partial charge in [-0.2, -0.15) is 9.78 Å².